The van der Waals surface area contributed by atoms with Crippen LogP contribution in [0, 0.1) is 6.92 Å². The van der Waals surface area contributed by atoms with E-state index in [1.54, 1.807) is 37.3 Å². The Labute approximate surface area is 165 Å². The average Bonchev–Trinajstić information content (AvgIpc) is 2.91. The smallest absolute Gasteiger partial charge is 0.326 e. The maximum absolute atomic E-state index is 13.7. The summed E-state index contributed by atoms with van der Waals surface area (Å²) in [4.78, 5) is 5.29. The third kappa shape index (κ3) is 3.94. The quantitative estimate of drug-likeness (QED) is 0.623. The number of benzene rings is 2. The van der Waals surface area contributed by atoms with Crippen molar-refractivity contribution in [2.24, 2.45) is 5.73 Å². The molecule has 3 nitrogen and oxygen atoms in total. The number of aryl methyl sites for hydroxylation is 1. The molecule has 0 spiro atoms. The molecule has 0 aromatic heterocycles. The van der Waals surface area contributed by atoms with Crippen molar-refractivity contribution in [3.05, 3.63) is 74.3 Å². The van der Waals surface area contributed by atoms with E-state index in [0.717, 1.165) is 11.1 Å². The summed E-state index contributed by atoms with van der Waals surface area (Å²) < 4.78 is 41.0. The first-order valence-corrected chi connectivity index (χ1v) is 8.88. The molecule has 144 valence electrons. The van der Waals surface area contributed by atoms with Gasteiger partial charge in [-0.1, -0.05) is 35.3 Å². The van der Waals surface area contributed by atoms with Crippen molar-refractivity contribution in [2.45, 2.75) is 32.8 Å². The molecule has 1 unspecified atom stereocenters. The summed E-state index contributed by atoms with van der Waals surface area (Å²) >= 11 is 12.0. The highest BCUT2D eigenvalue weighted by atomic mass is 35.5. The lowest BCUT2D eigenvalue weighted by Crippen LogP contribution is -2.34. The third-order valence-electron chi connectivity index (χ3n) is 4.43. The average molecular weight is 417 g/mol. The van der Waals surface area contributed by atoms with Gasteiger partial charge >= 0.3 is 6.30 Å². The third-order valence-corrected chi connectivity index (χ3v) is 4.87. The molecule has 2 aromatic carbocycles. The SMILES string of the molecule is CC1=C(c2ccc(CN)c(C)c2)N(C(F)(F)F)OC1c1cc(Cl)cc(Cl)c1. The summed E-state index contributed by atoms with van der Waals surface area (Å²) in [7, 11) is 0. The summed E-state index contributed by atoms with van der Waals surface area (Å²) in [6.07, 6.45) is -5.67. The number of nitrogens with two attached hydrogens (primary N) is 1. The number of hydrogen-bond acceptors (Lipinski definition) is 3. The second-order valence-electron chi connectivity index (χ2n) is 6.33. The van der Waals surface area contributed by atoms with Crippen molar-refractivity contribution < 1.29 is 18.0 Å². The molecule has 0 aliphatic carbocycles. The van der Waals surface area contributed by atoms with E-state index in [1.807, 2.05) is 6.92 Å². The van der Waals surface area contributed by atoms with Crippen molar-refractivity contribution in [2.75, 3.05) is 0 Å². The topological polar surface area (TPSA) is 38.5 Å². The van der Waals surface area contributed by atoms with Crippen LogP contribution in [0.5, 0.6) is 0 Å². The van der Waals surface area contributed by atoms with E-state index in [0.29, 0.717) is 33.3 Å². The maximum atomic E-state index is 13.7. The highest BCUT2D eigenvalue weighted by Crippen LogP contribution is 2.47. The first-order valence-electron chi connectivity index (χ1n) is 8.12. The fraction of sp³-hybridized carbons (Fsp3) is 0.263. The number of nitrogens with zero attached hydrogens (tertiary/aromatic N) is 1. The van der Waals surface area contributed by atoms with E-state index in [1.165, 1.54) is 6.07 Å². The van der Waals surface area contributed by atoms with Crippen LogP contribution in [0.1, 0.15) is 35.3 Å². The highest BCUT2D eigenvalue weighted by Gasteiger charge is 2.48. The number of rotatable bonds is 3. The second kappa shape index (κ2) is 7.36. The van der Waals surface area contributed by atoms with Crippen LogP contribution in [0.25, 0.3) is 5.70 Å². The van der Waals surface area contributed by atoms with Crippen molar-refractivity contribution in [3.63, 3.8) is 0 Å². The predicted octanol–water partition coefficient (Wildman–Crippen LogP) is 6.00. The van der Waals surface area contributed by atoms with Gasteiger partial charge in [0.25, 0.3) is 0 Å². The first-order chi connectivity index (χ1) is 12.6. The van der Waals surface area contributed by atoms with E-state index in [4.69, 9.17) is 33.8 Å². The molecule has 0 radical (unpaired) electrons. The van der Waals surface area contributed by atoms with Gasteiger partial charge in [-0.3, -0.25) is 4.84 Å². The Balaban J connectivity index is 2.14. The molecule has 0 fully saturated rings. The van der Waals surface area contributed by atoms with E-state index in [9.17, 15) is 13.2 Å². The minimum absolute atomic E-state index is 0.00129. The maximum Gasteiger partial charge on any atom is 0.508 e. The Bertz CT molecular complexity index is 892. The Morgan fingerprint density at radius 3 is 2.22 bits per heavy atom. The van der Waals surface area contributed by atoms with Gasteiger partial charge in [0.15, 0.2) is 0 Å². The lowest BCUT2D eigenvalue weighted by molar-refractivity contribution is -0.343. The predicted molar refractivity (Wildman–Crippen MR) is 99.8 cm³/mol. The van der Waals surface area contributed by atoms with Gasteiger partial charge in [-0.15, -0.1) is 13.2 Å². The van der Waals surface area contributed by atoms with Gasteiger partial charge in [0.05, 0.1) is 5.70 Å². The second-order valence-corrected chi connectivity index (χ2v) is 7.20. The van der Waals surface area contributed by atoms with Gasteiger partial charge < -0.3 is 5.73 Å². The van der Waals surface area contributed by atoms with Crippen molar-refractivity contribution in [3.8, 4) is 0 Å². The molecule has 0 amide bonds. The lowest BCUT2D eigenvalue weighted by Gasteiger charge is -2.24. The molecule has 1 atom stereocenters. The van der Waals surface area contributed by atoms with Crippen LogP contribution in [-0.2, 0) is 11.4 Å². The summed E-state index contributed by atoms with van der Waals surface area (Å²) in [5.41, 5.74) is 8.54. The molecule has 3 rings (SSSR count). The normalized spacial score (nSPS) is 17.8. The molecule has 0 saturated carbocycles. The number of hydroxylamine groups is 2. The number of hydrogen-bond donors (Lipinski definition) is 1. The van der Waals surface area contributed by atoms with Crippen molar-refractivity contribution in [1.82, 2.24) is 5.06 Å². The number of alkyl halides is 3. The molecule has 8 heteroatoms. The van der Waals surface area contributed by atoms with E-state index in [2.05, 4.69) is 0 Å². The van der Waals surface area contributed by atoms with Gasteiger partial charge in [0, 0.05) is 22.2 Å². The van der Waals surface area contributed by atoms with Crippen LogP contribution < -0.4 is 5.73 Å². The monoisotopic (exact) mass is 416 g/mol. The standard InChI is InChI=1S/C19H17Cl2F3N2O/c1-10-5-12(3-4-13(10)9-25)17-11(2)18(27-26(17)19(22,23)24)14-6-15(20)8-16(21)7-14/h3-8,18H,9,25H2,1-2H3. The Hall–Kier alpha value is -1.73. The van der Waals surface area contributed by atoms with Gasteiger partial charge in [0.2, 0.25) is 0 Å². The van der Waals surface area contributed by atoms with Crippen LogP contribution >= 0.6 is 23.2 Å². The minimum atomic E-state index is -4.71. The largest absolute Gasteiger partial charge is 0.508 e. The fourth-order valence-corrected chi connectivity index (χ4v) is 3.71. The minimum Gasteiger partial charge on any atom is -0.326 e. The van der Waals surface area contributed by atoms with Crippen LogP contribution in [0.2, 0.25) is 10.0 Å². The fourth-order valence-electron chi connectivity index (χ4n) is 3.16. The summed E-state index contributed by atoms with van der Waals surface area (Å²) in [6, 6.07) is 9.62. The zero-order valence-corrected chi connectivity index (χ0v) is 16.1. The van der Waals surface area contributed by atoms with E-state index < -0.39 is 12.4 Å². The molecule has 1 aliphatic rings. The summed E-state index contributed by atoms with van der Waals surface area (Å²) in [5, 5.41) is 0.645. The molecule has 0 saturated heterocycles. The van der Waals surface area contributed by atoms with E-state index in [-0.39, 0.29) is 10.8 Å². The van der Waals surface area contributed by atoms with Gasteiger partial charge in [-0.25, -0.2) is 0 Å². The van der Waals surface area contributed by atoms with Gasteiger partial charge in [0.1, 0.15) is 6.10 Å². The van der Waals surface area contributed by atoms with Crippen LogP contribution in [0.4, 0.5) is 13.2 Å². The Morgan fingerprint density at radius 1 is 1.07 bits per heavy atom. The molecule has 0 bridgehead atoms. The van der Waals surface area contributed by atoms with Crippen LogP contribution in [0.15, 0.2) is 42.0 Å². The number of halogens is 5. The highest BCUT2D eigenvalue weighted by molar-refractivity contribution is 6.34. The zero-order chi connectivity index (χ0) is 19.9. The summed E-state index contributed by atoms with van der Waals surface area (Å²) in [5.74, 6) is 0. The molecule has 1 aliphatic heterocycles. The molecule has 2 aromatic rings. The van der Waals surface area contributed by atoms with E-state index >= 15 is 0 Å². The Morgan fingerprint density at radius 2 is 1.70 bits per heavy atom. The molecule has 27 heavy (non-hydrogen) atoms. The van der Waals surface area contributed by atoms with Crippen LogP contribution in [-0.4, -0.2) is 11.4 Å². The first kappa shape index (κ1) is 20.0. The van der Waals surface area contributed by atoms with Crippen molar-refractivity contribution in [1.29, 1.82) is 0 Å². The van der Waals surface area contributed by atoms with Gasteiger partial charge in [-0.05, 0) is 60.4 Å². The molecular weight excluding hydrogens is 400 g/mol. The lowest BCUT2D eigenvalue weighted by atomic mass is 9.97. The zero-order valence-electron chi connectivity index (χ0n) is 14.6. The van der Waals surface area contributed by atoms with Crippen LogP contribution in [0.3, 0.4) is 0 Å². The van der Waals surface area contributed by atoms with Crippen molar-refractivity contribution >= 4 is 28.9 Å². The van der Waals surface area contributed by atoms with Gasteiger partial charge in [-0.2, -0.15) is 5.06 Å². The Kier molecular flexibility index (Phi) is 5.45. The molecule has 1 heterocycles. The molecule has 2 N–H and O–H groups in total. The summed E-state index contributed by atoms with van der Waals surface area (Å²) in [6.45, 7) is 3.73. The molecular formula is C19H17Cl2F3N2O.